The highest BCUT2D eigenvalue weighted by Crippen LogP contribution is 2.25. The van der Waals surface area contributed by atoms with Crippen LogP contribution in [0.5, 0.6) is 5.75 Å². The van der Waals surface area contributed by atoms with Crippen molar-refractivity contribution in [1.82, 2.24) is 19.7 Å². The standard InChI is InChI=1S/C18H22N4O4/c1-12(2)26-15-4-3-7-19-16(15)17(23)21-8-5-14(6-9-21)22-11-13(10-20-22)18(24)25/h3-4,7,10-12,14H,5-6,8-9H2,1-2H3,(H,24,25). The number of carbonyl (C=O) groups is 2. The Morgan fingerprint density at radius 1 is 1.31 bits per heavy atom. The molecule has 1 aliphatic heterocycles. The predicted molar refractivity (Wildman–Crippen MR) is 93.4 cm³/mol. The molecule has 8 nitrogen and oxygen atoms in total. The van der Waals surface area contributed by atoms with Crippen LogP contribution < -0.4 is 4.74 Å². The highest BCUT2D eigenvalue weighted by atomic mass is 16.5. The Morgan fingerprint density at radius 3 is 2.65 bits per heavy atom. The zero-order valence-electron chi connectivity index (χ0n) is 14.8. The summed E-state index contributed by atoms with van der Waals surface area (Å²) in [7, 11) is 0. The third kappa shape index (κ3) is 3.84. The molecule has 1 amide bonds. The normalized spacial score (nSPS) is 15.3. The van der Waals surface area contributed by atoms with E-state index in [0.717, 1.165) is 0 Å². The first-order valence-electron chi connectivity index (χ1n) is 8.64. The minimum Gasteiger partial charge on any atom is -0.489 e. The van der Waals surface area contributed by atoms with Crippen molar-refractivity contribution >= 4 is 11.9 Å². The van der Waals surface area contributed by atoms with Crippen LogP contribution in [0, 0.1) is 0 Å². The Hall–Kier alpha value is -2.90. The molecular weight excluding hydrogens is 336 g/mol. The monoisotopic (exact) mass is 358 g/mol. The van der Waals surface area contributed by atoms with Crippen LogP contribution in [0.25, 0.3) is 0 Å². The molecule has 8 heteroatoms. The van der Waals surface area contributed by atoms with Crippen LogP contribution in [0.1, 0.15) is 53.6 Å². The average molecular weight is 358 g/mol. The number of rotatable bonds is 5. The van der Waals surface area contributed by atoms with Crippen molar-refractivity contribution < 1.29 is 19.4 Å². The lowest BCUT2D eigenvalue weighted by Crippen LogP contribution is -2.39. The van der Waals surface area contributed by atoms with Gasteiger partial charge in [-0.3, -0.25) is 9.48 Å². The molecule has 1 N–H and O–H groups in total. The van der Waals surface area contributed by atoms with Gasteiger partial charge < -0.3 is 14.7 Å². The summed E-state index contributed by atoms with van der Waals surface area (Å²) < 4.78 is 7.37. The van der Waals surface area contributed by atoms with E-state index in [1.54, 1.807) is 27.9 Å². The molecule has 0 saturated carbocycles. The number of aromatic nitrogens is 3. The van der Waals surface area contributed by atoms with E-state index in [4.69, 9.17) is 9.84 Å². The van der Waals surface area contributed by atoms with Crippen molar-refractivity contribution in [2.75, 3.05) is 13.1 Å². The number of ether oxygens (including phenoxy) is 1. The van der Waals surface area contributed by atoms with Gasteiger partial charge in [-0.2, -0.15) is 5.10 Å². The highest BCUT2D eigenvalue weighted by molar-refractivity contribution is 5.95. The second kappa shape index (κ2) is 7.55. The van der Waals surface area contributed by atoms with Crippen molar-refractivity contribution in [2.45, 2.75) is 38.8 Å². The van der Waals surface area contributed by atoms with Gasteiger partial charge in [0.25, 0.3) is 5.91 Å². The zero-order valence-corrected chi connectivity index (χ0v) is 14.8. The van der Waals surface area contributed by atoms with Crippen molar-refractivity contribution in [3.63, 3.8) is 0 Å². The lowest BCUT2D eigenvalue weighted by Gasteiger charge is -2.32. The first kappa shape index (κ1) is 17.9. The Labute approximate surface area is 151 Å². The highest BCUT2D eigenvalue weighted by Gasteiger charge is 2.28. The Kier molecular flexibility index (Phi) is 5.20. The van der Waals surface area contributed by atoms with E-state index in [-0.39, 0.29) is 23.6 Å². The number of carboxylic acid groups (broad SMARTS) is 1. The summed E-state index contributed by atoms with van der Waals surface area (Å²) in [5, 5.41) is 13.1. The molecule has 1 saturated heterocycles. The predicted octanol–water partition coefficient (Wildman–Crippen LogP) is 2.24. The van der Waals surface area contributed by atoms with Gasteiger partial charge >= 0.3 is 5.97 Å². The molecule has 0 spiro atoms. The maximum Gasteiger partial charge on any atom is 0.338 e. The van der Waals surface area contributed by atoms with Crippen LogP contribution in [0.4, 0.5) is 0 Å². The van der Waals surface area contributed by atoms with E-state index in [9.17, 15) is 9.59 Å². The van der Waals surface area contributed by atoms with E-state index >= 15 is 0 Å². The number of likely N-dealkylation sites (tertiary alicyclic amines) is 1. The van der Waals surface area contributed by atoms with Crippen LogP contribution in [-0.4, -0.2) is 55.8 Å². The number of pyridine rings is 1. The van der Waals surface area contributed by atoms with Crippen molar-refractivity contribution in [2.24, 2.45) is 0 Å². The minimum atomic E-state index is -0.989. The first-order chi connectivity index (χ1) is 12.5. The van der Waals surface area contributed by atoms with Gasteiger partial charge in [0.05, 0.1) is 23.9 Å². The molecule has 138 valence electrons. The maximum atomic E-state index is 12.8. The molecule has 1 aliphatic rings. The Bertz CT molecular complexity index is 794. The zero-order chi connectivity index (χ0) is 18.7. The molecular formula is C18H22N4O4. The molecule has 0 atom stereocenters. The van der Waals surface area contributed by atoms with Gasteiger partial charge in [-0.25, -0.2) is 9.78 Å². The molecule has 1 fully saturated rings. The number of carbonyl (C=O) groups excluding carboxylic acids is 1. The van der Waals surface area contributed by atoms with Crippen LogP contribution in [0.15, 0.2) is 30.7 Å². The van der Waals surface area contributed by atoms with E-state index in [2.05, 4.69) is 10.1 Å². The lowest BCUT2D eigenvalue weighted by atomic mass is 10.0. The fraction of sp³-hybridized carbons (Fsp3) is 0.444. The molecule has 0 unspecified atom stereocenters. The number of nitrogens with zero attached hydrogens (tertiary/aromatic N) is 4. The van der Waals surface area contributed by atoms with E-state index in [1.165, 1.54) is 12.4 Å². The van der Waals surface area contributed by atoms with Gasteiger partial charge in [0.15, 0.2) is 11.4 Å². The van der Waals surface area contributed by atoms with E-state index in [1.807, 2.05) is 13.8 Å². The molecule has 2 aromatic rings. The Balaban J connectivity index is 1.66. The van der Waals surface area contributed by atoms with Crippen LogP contribution in [-0.2, 0) is 0 Å². The smallest absolute Gasteiger partial charge is 0.338 e. The molecule has 0 aliphatic carbocycles. The largest absolute Gasteiger partial charge is 0.489 e. The summed E-state index contributed by atoms with van der Waals surface area (Å²) in [4.78, 5) is 29.8. The molecule has 2 aromatic heterocycles. The van der Waals surface area contributed by atoms with Gasteiger partial charge in [0.2, 0.25) is 0 Å². The fourth-order valence-electron chi connectivity index (χ4n) is 3.03. The number of amides is 1. The number of aromatic carboxylic acids is 1. The van der Waals surface area contributed by atoms with Gasteiger partial charge in [0, 0.05) is 25.5 Å². The Morgan fingerprint density at radius 2 is 2.04 bits per heavy atom. The van der Waals surface area contributed by atoms with Crippen molar-refractivity contribution in [1.29, 1.82) is 0 Å². The number of hydrogen-bond acceptors (Lipinski definition) is 5. The number of carboxylic acids is 1. The molecule has 26 heavy (non-hydrogen) atoms. The maximum absolute atomic E-state index is 12.8. The minimum absolute atomic E-state index is 0.0419. The first-order valence-corrected chi connectivity index (χ1v) is 8.64. The fourth-order valence-corrected chi connectivity index (χ4v) is 3.03. The molecule has 0 bridgehead atoms. The summed E-state index contributed by atoms with van der Waals surface area (Å²) in [5.41, 5.74) is 0.499. The third-order valence-electron chi connectivity index (χ3n) is 4.31. The quantitative estimate of drug-likeness (QED) is 0.880. The summed E-state index contributed by atoms with van der Waals surface area (Å²) >= 11 is 0. The lowest BCUT2D eigenvalue weighted by molar-refractivity contribution is 0.0676. The van der Waals surface area contributed by atoms with Gasteiger partial charge in [-0.1, -0.05) is 0 Å². The summed E-state index contributed by atoms with van der Waals surface area (Å²) in [6, 6.07) is 3.59. The second-order valence-electron chi connectivity index (χ2n) is 6.55. The average Bonchev–Trinajstić information content (AvgIpc) is 3.12. The summed E-state index contributed by atoms with van der Waals surface area (Å²) in [5.74, 6) is -0.643. The molecule has 0 aromatic carbocycles. The molecule has 3 heterocycles. The topological polar surface area (TPSA) is 97.6 Å². The van der Waals surface area contributed by atoms with Crippen LogP contribution in [0.2, 0.25) is 0 Å². The number of hydrogen-bond donors (Lipinski definition) is 1. The van der Waals surface area contributed by atoms with Gasteiger partial charge in [-0.15, -0.1) is 0 Å². The number of piperidine rings is 1. The van der Waals surface area contributed by atoms with Crippen molar-refractivity contribution in [3.8, 4) is 5.75 Å². The molecule has 3 rings (SSSR count). The van der Waals surface area contributed by atoms with Crippen molar-refractivity contribution in [3.05, 3.63) is 42.0 Å². The SMILES string of the molecule is CC(C)Oc1cccnc1C(=O)N1CCC(n2cc(C(=O)O)cn2)CC1. The van der Waals surface area contributed by atoms with Crippen LogP contribution in [0.3, 0.4) is 0 Å². The van der Waals surface area contributed by atoms with Crippen LogP contribution >= 0.6 is 0 Å². The summed E-state index contributed by atoms with van der Waals surface area (Å²) in [6.45, 7) is 4.93. The molecule has 0 radical (unpaired) electrons. The second-order valence-corrected chi connectivity index (χ2v) is 6.55. The van der Waals surface area contributed by atoms with E-state index in [0.29, 0.717) is 37.4 Å². The van der Waals surface area contributed by atoms with Gasteiger partial charge in [-0.05, 0) is 38.8 Å². The summed E-state index contributed by atoms with van der Waals surface area (Å²) in [6.07, 6.45) is 5.85. The third-order valence-corrected chi connectivity index (χ3v) is 4.31. The van der Waals surface area contributed by atoms with E-state index < -0.39 is 5.97 Å². The van der Waals surface area contributed by atoms with Gasteiger partial charge in [0.1, 0.15) is 0 Å².